The van der Waals surface area contributed by atoms with E-state index in [2.05, 4.69) is 152 Å². The SMILES string of the molecule is C=Cc1c(C=N)c2cc(-c3ccc4c(-c5ccccc5)c5c(c(-c6ccccc6)c4c3)=CCCC=5)ccc2n1-c1cccc(C)c1. The molecule has 0 aliphatic heterocycles. The van der Waals surface area contributed by atoms with E-state index in [0.29, 0.717) is 0 Å². The topological polar surface area (TPSA) is 28.8 Å². The molecule has 1 heterocycles. The third-order valence-electron chi connectivity index (χ3n) is 9.35. The quantitative estimate of drug-likeness (QED) is 0.187. The fraction of sp³-hybridized carbons (Fsp3) is 0.0682. The second-order valence-electron chi connectivity index (χ2n) is 12.1. The smallest absolute Gasteiger partial charge is 0.0550 e. The molecule has 0 spiro atoms. The molecule has 2 heteroatoms. The average molecular weight is 591 g/mol. The summed E-state index contributed by atoms with van der Waals surface area (Å²) in [5.74, 6) is 0. The van der Waals surface area contributed by atoms with Crippen LogP contribution in [0.5, 0.6) is 0 Å². The molecule has 6 aromatic carbocycles. The van der Waals surface area contributed by atoms with Gasteiger partial charge in [-0.1, -0.05) is 110 Å². The van der Waals surface area contributed by atoms with Gasteiger partial charge in [-0.15, -0.1) is 0 Å². The van der Waals surface area contributed by atoms with Gasteiger partial charge in [-0.3, -0.25) is 0 Å². The summed E-state index contributed by atoms with van der Waals surface area (Å²) >= 11 is 0. The number of nitrogens with one attached hydrogen (secondary N) is 1. The molecular weight excluding hydrogens is 556 g/mol. The highest BCUT2D eigenvalue weighted by molar-refractivity contribution is 6.08. The fourth-order valence-electron chi connectivity index (χ4n) is 7.33. The number of hydrogen-bond donors (Lipinski definition) is 1. The summed E-state index contributed by atoms with van der Waals surface area (Å²) in [4.78, 5) is 0. The minimum Gasteiger partial charge on any atom is -0.309 e. The third kappa shape index (κ3) is 4.45. The molecule has 0 fully saturated rings. The second kappa shape index (κ2) is 11.3. The number of fused-ring (bicyclic) bond motifs is 3. The number of benzene rings is 6. The lowest BCUT2D eigenvalue weighted by molar-refractivity contribution is 1.10. The first kappa shape index (κ1) is 27.8. The van der Waals surface area contributed by atoms with Crippen LogP contribution in [0.1, 0.15) is 29.7 Å². The summed E-state index contributed by atoms with van der Waals surface area (Å²) < 4.78 is 2.22. The summed E-state index contributed by atoms with van der Waals surface area (Å²) in [5, 5.41) is 14.6. The van der Waals surface area contributed by atoms with Crippen molar-refractivity contribution in [1.29, 1.82) is 5.41 Å². The molecule has 0 radical (unpaired) electrons. The number of aromatic nitrogens is 1. The molecule has 1 aromatic heterocycles. The van der Waals surface area contributed by atoms with Crippen molar-refractivity contribution in [2.75, 3.05) is 0 Å². The maximum absolute atomic E-state index is 8.40. The monoisotopic (exact) mass is 590 g/mol. The zero-order valence-corrected chi connectivity index (χ0v) is 25.9. The zero-order chi connectivity index (χ0) is 31.2. The summed E-state index contributed by atoms with van der Waals surface area (Å²) in [6.07, 6.45) is 10.3. The Balaban J connectivity index is 1.42. The Bertz CT molecular complexity index is 2440. The molecule has 8 rings (SSSR count). The van der Waals surface area contributed by atoms with Crippen LogP contribution >= 0.6 is 0 Å². The highest BCUT2D eigenvalue weighted by Gasteiger charge is 2.19. The molecule has 1 N–H and O–H groups in total. The summed E-state index contributed by atoms with van der Waals surface area (Å²) in [7, 11) is 0. The van der Waals surface area contributed by atoms with Crippen LogP contribution in [0, 0.1) is 12.3 Å². The van der Waals surface area contributed by atoms with Gasteiger partial charge in [0.1, 0.15) is 0 Å². The lowest BCUT2D eigenvalue weighted by Crippen LogP contribution is -2.31. The van der Waals surface area contributed by atoms with E-state index in [1.54, 1.807) is 0 Å². The van der Waals surface area contributed by atoms with E-state index in [0.717, 1.165) is 51.8 Å². The van der Waals surface area contributed by atoms with Crippen molar-refractivity contribution in [1.82, 2.24) is 4.57 Å². The van der Waals surface area contributed by atoms with Crippen molar-refractivity contribution in [3.05, 3.63) is 155 Å². The van der Waals surface area contributed by atoms with E-state index >= 15 is 0 Å². The normalized spacial score (nSPS) is 12.4. The standard InChI is InChI=1S/C44H34N2/c1-3-41-40(28-45)38-26-33(22-24-42(38)46(41)34-18-12-13-29(2)25-34)32-21-23-37-39(27-32)44(31-16-8-5-9-17-31)36-20-11-10-19-35(36)43(37)30-14-6-4-7-15-30/h3-9,12-28,45H,1,10-11H2,2H3. The summed E-state index contributed by atoms with van der Waals surface area (Å²) in [5.41, 5.74) is 12.5. The Morgan fingerprint density at radius 1 is 0.609 bits per heavy atom. The van der Waals surface area contributed by atoms with E-state index in [4.69, 9.17) is 5.41 Å². The molecule has 220 valence electrons. The summed E-state index contributed by atoms with van der Waals surface area (Å²) in [6, 6.07) is 43.8. The second-order valence-corrected chi connectivity index (χ2v) is 12.1. The third-order valence-corrected chi connectivity index (χ3v) is 9.35. The molecule has 1 aliphatic carbocycles. The van der Waals surface area contributed by atoms with Gasteiger partial charge >= 0.3 is 0 Å². The lowest BCUT2D eigenvalue weighted by atomic mass is 9.85. The maximum Gasteiger partial charge on any atom is 0.0550 e. The van der Waals surface area contributed by atoms with Gasteiger partial charge in [0.25, 0.3) is 0 Å². The van der Waals surface area contributed by atoms with E-state index in [-0.39, 0.29) is 0 Å². The molecule has 0 saturated carbocycles. The molecule has 2 nitrogen and oxygen atoms in total. The van der Waals surface area contributed by atoms with Crippen LogP contribution in [0.15, 0.2) is 128 Å². The molecule has 46 heavy (non-hydrogen) atoms. The predicted octanol–water partition coefficient (Wildman–Crippen LogP) is 10.1. The van der Waals surface area contributed by atoms with Gasteiger partial charge in [0, 0.05) is 22.9 Å². The van der Waals surface area contributed by atoms with Crippen LogP contribution in [-0.4, -0.2) is 10.8 Å². The largest absolute Gasteiger partial charge is 0.309 e. The van der Waals surface area contributed by atoms with Gasteiger partial charge < -0.3 is 9.98 Å². The van der Waals surface area contributed by atoms with Gasteiger partial charge in [-0.2, -0.15) is 0 Å². The molecule has 0 unspecified atom stereocenters. The van der Waals surface area contributed by atoms with Crippen LogP contribution in [0.2, 0.25) is 0 Å². The molecule has 0 bridgehead atoms. The first-order chi connectivity index (χ1) is 22.7. The Morgan fingerprint density at radius 3 is 1.83 bits per heavy atom. The number of nitrogens with zero attached hydrogens (tertiary/aromatic N) is 1. The van der Waals surface area contributed by atoms with E-state index in [1.165, 1.54) is 55.2 Å². The first-order valence-electron chi connectivity index (χ1n) is 16.0. The van der Waals surface area contributed by atoms with Crippen molar-refractivity contribution >= 4 is 46.1 Å². The minimum atomic E-state index is 0.879. The molecule has 0 saturated heterocycles. The van der Waals surface area contributed by atoms with Crippen molar-refractivity contribution in [2.24, 2.45) is 0 Å². The Labute approximate surface area is 269 Å². The molecule has 1 aliphatic rings. The molecule has 0 amide bonds. The highest BCUT2D eigenvalue weighted by Crippen LogP contribution is 2.37. The Morgan fingerprint density at radius 2 is 1.22 bits per heavy atom. The van der Waals surface area contributed by atoms with E-state index in [1.807, 2.05) is 6.08 Å². The molecule has 7 aromatic rings. The summed E-state index contributed by atoms with van der Waals surface area (Å²) in [6.45, 7) is 6.24. The van der Waals surface area contributed by atoms with E-state index < -0.39 is 0 Å². The minimum absolute atomic E-state index is 0.879. The Hall–Kier alpha value is -5.73. The van der Waals surface area contributed by atoms with Gasteiger partial charge in [0.05, 0.1) is 11.2 Å². The molecule has 0 atom stereocenters. The van der Waals surface area contributed by atoms with Crippen molar-refractivity contribution in [3.63, 3.8) is 0 Å². The van der Waals surface area contributed by atoms with Crippen molar-refractivity contribution in [3.8, 4) is 39.1 Å². The average Bonchev–Trinajstić information content (AvgIpc) is 3.44. The van der Waals surface area contributed by atoms with Crippen LogP contribution in [-0.2, 0) is 0 Å². The van der Waals surface area contributed by atoms with Gasteiger partial charge in [0.15, 0.2) is 0 Å². The van der Waals surface area contributed by atoms with Crippen LogP contribution in [0.25, 0.3) is 79.0 Å². The number of hydrogen-bond acceptors (Lipinski definition) is 1. The number of rotatable bonds is 6. The molecular formula is C44H34N2. The van der Waals surface area contributed by atoms with Crippen LogP contribution in [0.4, 0.5) is 0 Å². The van der Waals surface area contributed by atoms with Gasteiger partial charge in [-0.25, -0.2) is 0 Å². The number of aryl methyl sites for hydroxylation is 1. The van der Waals surface area contributed by atoms with Gasteiger partial charge in [-0.05, 0) is 116 Å². The van der Waals surface area contributed by atoms with Crippen molar-refractivity contribution < 1.29 is 0 Å². The zero-order valence-electron chi connectivity index (χ0n) is 25.9. The van der Waals surface area contributed by atoms with Crippen LogP contribution < -0.4 is 10.4 Å². The first-order valence-corrected chi connectivity index (χ1v) is 16.0. The maximum atomic E-state index is 8.40. The van der Waals surface area contributed by atoms with Crippen molar-refractivity contribution in [2.45, 2.75) is 19.8 Å². The van der Waals surface area contributed by atoms with Gasteiger partial charge in [0.2, 0.25) is 0 Å². The van der Waals surface area contributed by atoms with E-state index in [9.17, 15) is 0 Å². The lowest BCUT2D eigenvalue weighted by Gasteiger charge is -2.18. The highest BCUT2D eigenvalue weighted by atomic mass is 15.0. The fourth-order valence-corrected chi connectivity index (χ4v) is 7.33. The Kier molecular flexibility index (Phi) is 6.84. The predicted molar refractivity (Wildman–Crippen MR) is 197 cm³/mol. The van der Waals surface area contributed by atoms with Crippen LogP contribution in [0.3, 0.4) is 0 Å².